The number of benzene rings is 1. The molecule has 1 aromatic carbocycles. The van der Waals surface area contributed by atoms with Gasteiger partial charge >= 0.3 is 12.1 Å². The molecular formula is C19H18ClF3N2O5. The molecule has 1 saturated carbocycles. The van der Waals surface area contributed by atoms with E-state index in [1.54, 1.807) is 0 Å². The van der Waals surface area contributed by atoms with Crippen molar-refractivity contribution in [2.45, 2.75) is 31.9 Å². The number of likely N-dealkylation sites (tertiary alicyclic amines) is 1. The van der Waals surface area contributed by atoms with Crippen LogP contribution in [0.3, 0.4) is 0 Å². The number of alkyl halides is 3. The molecule has 1 N–H and O–H groups in total. The number of carbonyl (C=O) groups excluding carboxylic acids is 4. The van der Waals surface area contributed by atoms with E-state index in [0.717, 1.165) is 23.8 Å². The van der Waals surface area contributed by atoms with Gasteiger partial charge in [0.1, 0.15) is 6.54 Å². The Balaban J connectivity index is 1.52. The number of carbonyl (C=O) groups is 4. The molecule has 2 atom stereocenters. The Hall–Kier alpha value is -2.62. The Morgan fingerprint density at radius 1 is 1.13 bits per heavy atom. The normalized spacial score (nSPS) is 21.4. The molecule has 3 amide bonds. The lowest BCUT2D eigenvalue weighted by atomic mass is 9.81. The number of hydrogen-bond donors (Lipinski definition) is 1. The highest BCUT2D eigenvalue weighted by Gasteiger charge is 2.48. The smallest absolute Gasteiger partial charge is 0.417 e. The monoisotopic (exact) mass is 446 g/mol. The predicted octanol–water partition coefficient (Wildman–Crippen LogP) is 3.02. The van der Waals surface area contributed by atoms with E-state index in [4.69, 9.17) is 16.3 Å². The van der Waals surface area contributed by atoms with Crippen molar-refractivity contribution in [1.29, 1.82) is 0 Å². The van der Waals surface area contributed by atoms with E-state index < -0.39 is 65.4 Å². The van der Waals surface area contributed by atoms with Crippen LogP contribution >= 0.6 is 11.6 Å². The molecule has 11 heteroatoms. The van der Waals surface area contributed by atoms with Gasteiger partial charge in [0.05, 0.1) is 22.4 Å². The van der Waals surface area contributed by atoms with Crippen molar-refractivity contribution in [3.8, 4) is 0 Å². The maximum absolute atomic E-state index is 12.9. The van der Waals surface area contributed by atoms with Crippen LogP contribution in [-0.4, -0.2) is 41.7 Å². The molecular weight excluding hydrogens is 429 g/mol. The predicted molar refractivity (Wildman–Crippen MR) is 98.2 cm³/mol. The third kappa shape index (κ3) is 4.75. The van der Waals surface area contributed by atoms with Crippen LogP contribution < -0.4 is 5.32 Å². The quantitative estimate of drug-likeness (QED) is 0.554. The average molecular weight is 447 g/mol. The van der Waals surface area contributed by atoms with E-state index in [-0.39, 0.29) is 5.69 Å². The summed E-state index contributed by atoms with van der Waals surface area (Å²) in [6, 6.07) is 2.81. The minimum Gasteiger partial charge on any atom is -0.454 e. The van der Waals surface area contributed by atoms with Gasteiger partial charge in [-0.2, -0.15) is 13.2 Å². The van der Waals surface area contributed by atoms with Gasteiger partial charge in [-0.1, -0.05) is 24.4 Å². The summed E-state index contributed by atoms with van der Waals surface area (Å²) in [7, 11) is 0. The Morgan fingerprint density at radius 3 is 2.30 bits per heavy atom. The van der Waals surface area contributed by atoms with Gasteiger partial charge in [0.15, 0.2) is 6.61 Å². The molecule has 0 bridgehead atoms. The Kier molecular flexibility index (Phi) is 6.35. The van der Waals surface area contributed by atoms with Crippen molar-refractivity contribution in [1.82, 2.24) is 4.90 Å². The van der Waals surface area contributed by atoms with Gasteiger partial charge in [0.25, 0.3) is 5.91 Å². The summed E-state index contributed by atoms with van der Waals surface area (Å²) >= 11 is 5.51. The lowest BCUT2D eigenvalue weighted by molar-refractivity contribution is -0.154. The molecule has 2 fully saturated rings. The van der Waals surface area contributed by atoms with Crippen LogP contribution in [-0.2, 0) is 30.1 Å². The minimum absolute atomic E-state index is 0.179. The molecule has 1 aromatic rings. The number of imide groups is 1. The highest BCUT2D eigenvalue weighted by atomic mass is 35.5. The highest BCUT2D eigenvalue weighted by molar-refractivity contribution is 6.31. The first kappa shape index (κ1) is 22.1. The van der Waals surface area contributed by atoms with Gasteiger partial charge in [-0.3, -0.25) is 24.1 Å². The number of nitrogens with one attached hydrogen (secondary N) is 1. The van der Waals surface area contributed by atoms with Gasteiger partial charge in [0, 0.05) is 5.69 Å². The van der Waals surface area contributed by atoms with Crippen molar-refractivity contribution in [3.63, 3.8) is 0 Å². The Bertz CT molecular complexity index is 865. The summed E-state index contributed by atoms with van der Waals surface area (Å²) < 4.78 is 43.3. The number of rotatable bonds is 5. The fraction of sp³-hybridized carbons (Fsp3) is 0.474. The van der Waals surface area contributed by atoms with Crippen molar-refractivity contribution in [3.05, 3.63) is 28.8 Å². The van der Waals surface area contributed by atoms with Crippen molar-refractivity contribution >= 4 is 41.0 Å². The second-order valence-corrected chi connectivity index (χ2v) is 7.57. The number of anilines is 1. The first-order valence-electron chi connectivity index (χ1n) is 9.25. The molecule has 30 heavy (non-hydrogen) atoms. The summed E-state index contributed by atoms with van der Waals surface area (Å²) in [5.74, 6) is -3.48. The summed E-state index contributed by atoms with van der Waals surface area (Å²) in [6.07, 6.45) is -1.80. The van der Waals surface area contributed by atoms with Crippen LogP contribution in [0.2, 0.25) is 5.02 Å². The SMILES string of the molecule is O=C(COC(=O)CN1C(=O)[C@@H]2CCCC[C@H]2C1=O)Nc1ccc(Cl)c(C(F)(F)F)c1. The summed E-state index contributed by atoms with van der Waals surface area (Å²) in [6.45, 7) is -1.39. The fourth-order valence-electron chi connectivity index (χ4n) is 3.72. The topological polar surface area (TPSA) is 92.8 Å². The van der Waals surface area contributed by atoms with Crippen molar-refractivity contribution < 1.29 is 37.1 Å². The molecule has 0 aromatic heterocycles. The van der Waals surface area contributed by atoms with Crippen molar-refractivity contribution in [2.24, 2.45) is 11.8 Å². The second-order valence-electron chi connectivity index (χ2n) is 7.16. The van der Waals surface area contributed by atoms with Crippen LogP contribution in [0.25, 0.3) is 0 Å². The fourth-order valence-corrected chi connectivity index (χ4v) is 3.95. The maximum atomic E-state index is 12.9. The Labute approximate surface area is 174 Å². The van der Waals surface area contributed by atoms with Crippen LogP contribution in [0.5, 0.6) is 0 Å². The number of nitrogens with zero attached hydrogens (tertiary/aromatic N) is 1. The molecule has 7 nitrogen and oxygen atoms in total. The van der Waals surface area contributed by atoms with Gasteiger partial charge in [0.2, 0.25) is 11.8 Å². The number of hydrogen-bond acceptors (Lipinski definition) is 5. The number of fused-ring (bicyclic) bond motifs is 1. The van der Waals surface area contributed by atoms with E-state index in [2.05, 4.69) is 5.32 Å². The molecule has 1 saturated heterocycles. The molecule has 0 spiro atoms. The summed E-state index contributed by atoms with van der Waals surface area (Å²) in [4.78, 5) is 49.4. The van der Waals surface area contributed by atoms with Crippen molar-refractivity contribution in [2.75, 3.05) is 18.5 Å². The molecule has 1 heterocycles. The number of amides is 3. The zero-order valence-electron chi connectivity index (χ0n) is 15.6. The molecule has 0 unspecified atom stereocenters. The zero-order chi connectivity index (χ0) is 22.1. The van der Waals surface area contributed by atoms with Gasteiger partial charge in [-0.05, 0) is 31.0 Å². The standard InChI is InChI=1S/C19H18ClF3N2O5/c20-14-6-5-10(7-13(14)19(21,22)23)24-15(26)9-30-16(27)8-25-17(28)11-3-1-2-4-12(11)18(25)29/h5-7,11-12H,1-4,8-9H2,(H,24,26)/t11-,12-/m1/s1. The Morgan fingerprint density at radius 2 is 1.73 bits per heavy atom. The third-order valence-electron chi connectivity index (χ3n) is 5.14. The second kappa shape index (κ2) is 8.63. The van der Waals surface area contributed by atoms with E-state index in [9.17, 15) is 32.3 Å². The van der Waals surface area contributed by atoms with Crippen LogP contribution in [0.15, 0.2) is 18.2 Å². The molecule has 162 valence electrons. The van der Waals surface area contributed by atoms with Gasteiger partial charge < -0.3 is 10.1 Å². The number of ether oxygens (including phenoxy) is 1. The molecule has 2 aliphatic rings. The van der Waals surface area contributed by atoms with E-state index >= 15 is 0 Å². The number of halogens is 4. The third-order valence-corrected chi connectivity index (χ3v) is 5.47. The van der Waals surface area contributed by atoms with Crippen LogP contribution in [0, 0.1) is 11.8 Å². The van der Waals surface area contributed by atoms with E-state index in [0.29, 0.717) is 18.9 Å². The highest BCUT2D eigenvalue weighted by Crippen LogP contribution is 2.38. The van der Waals surface area contributed by atoms with Gasteiger partial charge in [-0.15, -0.1) is 0 Å². The van der Waals surface area contributed by atoms with Crippen LogP contribution in [0.1, 0.15) is 31.2 Å². The average Bonchev–Trinajstić information content (AvgIpc) is 2.92. The van der Waals surface area contributed by atoms with Crippen LogP contribution in [0.4, 0.5) is 18.9 Å². The van der Waals surface area contributed by atoms with E-state index in [1.165, 1.54) is 6.07 Å². The molecule has 1 aliphatic heterocycles. The lowest BCUT2D eigenvalue weighted by Crippen LogP contribution is -2.37. The first-order chi connectivity index (χ1) is 14.1. The maximum Gasteiger partial charge on any atom is 0.417 e. The minimum atomic E-state index is -4.70. The van der Waals surface area contributed by atoms with Gasteiger partial charge in [-0.25, -0.2) is 0 Å². The molecule has 1 aliphatic carbocycles. The molecule has 3 rings (SSSR count). The zero-order valence-corrected chi connectivity index (χ0v) is 16.4. The largest absolute Gasteiger partial charge is 0.454 e. The summed E-state index contributed by atoms with van der Waals surface area (Å²) in [5.41, 5.74) is -1.30. The summed E-state index contributed by atoms with van der Waals surface area (Å²) in [5, 5.41) is 1.65. The first-order valence-corrected chi connectivity index (χ1v) is 9.63. The lowest BCUT2D eigenvalue weighted by Gasteiger charge is -2.19. The van der Waals surface area contributed by atoms with E-state index in [1.807, 2.05) is 0 Å². The molecule has 0 radical (unpaired) electrons. The number of esters is 1.